The lowest BCUT2D eigenvalue weighted by molar-refractivity contribution is 0.486. The van der Waals surface area contributed by atoms with Gasteiger partial charge < -0.3 is 15.5 Å². The second kappa shape index (κ2) is 6.03. The van der Waals surface area contributed by atoms with Crippen molar-refractivity contribution in [2.24, 2.45) is 5.92 Å². The summed E-state index contributed by atoms with van der Waals surface area (Å²) in [6.45, 7) is 7.59. The van der Waals surface area contributed by atoms with E-state index in [1.807, 2.05) is 0 Å². The lowest BCUT2D eigenvalue weighted by Crippen LogP contribution is -2.36. The van der Waals surface area contributed by atoms with E-state index in [4.69, 9.17) is 10.7 Å². The topological polar surface area (TPSA) is 71.2 Å². The van der Waals surface area contributed by atoms with Crippen molar-refractivity contribution < 1.29 is 0 Å². The van der Waals surface area contributed by atoms with Gasteiger partial charge in [0.25, 0.3) is 0 Å². The van der Waals surface area contributed by atoms with Crippen molar-refractivity contribution in [3.8, 4) is 0 Å². The van der Waals surface area contributed by atoms with Crippen molar-refractivity contribution in [2.45, 2.75) is 52.0 Å². The van der Waals surface area contributed by atoms with Gasteiger partial charge >= 0.3 is 0 Å². The molecule has 3 rings (SSSR count). The minimum atomic E-state index is 0.343. The molecule has 116 valence electrons. The molecule has 6 nitrogen and oxygen atoms in total. The SMILES string of the molecule is CC(C)C1CCCN1c1nc(N)nc(N2CCCCC2)n1. The number of hydrogen-bond acceptors (Lipinski definition) is 6. The zero-order valence-corrected chi connectivity index (χ0v) is 13.1. The van der Waals surface area contributed by atoms with Crippen molar-refractivity contribution >= 4 is 17.8 Å². The van der Waals surface area contributed by atoms with Gasteiger partial charge in [-0.3, -0.25) is 0 Å². The van der Waals surface area contributed by atoms with Crippen LogP contribution >= 0.6 is 0 Å². The Morgan fingerprint density at radius 1 is 0.952 bits per heavy atom. The van der Waals surface area contributed by atoms with E-state index < -0.39 is 0 Å². The van der Waals surface area contributed by atoms with Crippen molar-refractivity contribution in [3.05, 3.63) is 0 Å². The van der Waals surface area contributed by atoms with Gasteiger partial charge in [0.2, 0.25) is 17.8 Å². The lowest BCUT2D eigenvalue weighted by Gasteiger charge is -2.30. The first-order valence-electron chi connectivity index (χ1n) is 8.18. The number of nitrogens with two attached hydrogens (primary N) is 1. The predicted octanol–water partition coefficient (Wildman–Crippen LogP) is 2.07. The average molecular weight is 290 g/mol. The summed E-state index contributed by atoms with van der Waals surface area (Å²) >= 11 is 0. The molecule has 2 aliphatic rings. The van der Waals surface area contributed by atoms with E-state index in [-0.39, 0.29) is 0 Å². The van der Waals surface area contributed by atoms with Gasteiger partial charge in [-0.05, 0) is 38.0 Å². The van der Waals surface area contributed by atoms with Gasteiger partial charge in [-0.2, -0.15) is 15.0 Å². The molecule has 0 aliphatic carbocycles. The highest BCUT2D eigenvalue weighted by molar-refractivity contribution is 5.45. The Morgan fingerprint density at radius 3 is 2.38 bits per heavy atom. The van der Waals surface area contributed by atoms with Crippen LogP contribution in [0.3, 0.4) is 0 Å². The van der Waals surface area contributed by atoms with Crippen LogP contribution < -0.4 is 15.5 Å². The van der Waals surface area contributed by atoms with E-state index in [9.17, 15) is 0 Å². The molecule has 2 saturated heterocycles. The van der Waals surface area contributed by atoms with Crippen molar-refractivity contribution in [2.75, 3.05) is 35.2 Å². The van der Waals surface area contributed by atoms with Crippen LogP contribution in [0.1, 0.15) is 46.0 Å². The Kier molecular flexibility index (Phi) is 4.12. The quantitative estimate of drug-likeness (QED) is 0.919. The van der Waals surface area contributed by atoms with Crippen molar-refractivity contribution in [1.82, 2.24) is 15.0 Å². The maximum Gasteiger partial charge on any atom is 0.232 e. The molecule has 6 heteroatoms. The zero-order valence-electron chi connectivity index (χ0n) is 13.1. The summed E-state index contributed by atoms with van der Waals surface area (Å²) in [5.41, 5.74) is 5.94. The van der Waals surface area contributed by atoms with Crippen LogP contribution in [0.25, 0.3) is 0 Å². The molecule has 2 fully saturated rings. The predicted molar refractivity (Wildman–Crippen MR) is 85.5 cm³/mol. The zero-order chi connectivity index (χ0) is 14.8. The van der Waals surface area contributed by atoms with E-state index in [0.717, 1.165) is 31.5 Å². The van der Waals surface area contributed by atoms with E-state index in [1.54, 1.807) is 0 Å². The molecule has 1 aromatic heterocycles. The highest BCUT2D eigenvalue weighted by Crippen LogP contribution is 2.28. The summed E-state index contributed by atoms with van der Waals surface area (Å²) < 4.78 is 0. The normalized spacial score (nSPS) is 23.1. The molecule has 0 bridgehead atoms. The third kappa shape index (κ3) is 3.04. The fraction of sp³-hybridized carbons (Fsp3) is 0.800. The Labute approximate surface area is 126 Å². The fourth-order valence-corrected chi connectivity index (χ4v) is 3.47. The maximum atomic E-state index is 5.94. The highest BCUT2D eigenvalue weighted by atomic mass is 15.4. The van der Waals surface area contributed by atoms with Gasteiger partial charge in [-0.15, -0.1) is 0 Å². The van der Waals surface area contributed by atoms with Crippen LogP contribution in [0.5, 0.6) is 0 Å². The largest absolute Gasteiger partial charge is 0.368 e. The fourth-order valence-electron chi connectivity index (χ4n) is 3.47. The lowest BCUT2D eigenvalue weighted by atomic mass is 10.0. The Morgan fingerprint density at radius 2 is 1.67 bits per heavy atom. The summed E-state index contributed by atoms with van der Waals surface area (Å²) in [5, 5.41) is 0. The molecule has 3 heterocycles. The Bertz CT molecular complexity index is 483. The Hall–Kier alpha value is -1.59. The first-order valence-corrected chi connectivity index (χ1v) is 8.18. The van der Waals surface area contributed by atoms with Gasteiger partial charge in [-0.25, -0.2) is 0 Å². The van der Waals surface area contributed by atoms with Crippen LogP contribution in [0, 0.1) is 5.92 Å². The van der Waals surface area contributed by atoms with Crippen LogP contribution in [-0.2, 0) is 0 Å². The molecule has 0 radical (unpaired) electrons. The van der Waals surface area contributed by atoms with Crippen LogP contribution in [-0.4, -0.2) is 40.6 Å². The van der Waals surface area contributed by atoms with Gasteiger partial charge in [-0.1, -0.05) is 13.8 Å². The van der Waals surface area contributed by atoms with E-state index in [1.165, 1.54) is 32.1 Å². The smallest absolute Gasteiger partial charge is 0.232 e. The molecule has 0 aromatic carbocycles. The highest BCUT2D eigenvalue weighted by Gasteiger charge is 2.30. The van der Waals surface area contributed by atoms with E-state index in [0.29, 0.717) is 17.9 Å². The van der Waals surface area contributed by atoms with E-state index in [2.05, 4.69) is 33.6 Å². The number of piperidine rings is 1. The van der Waals surface area contributed by atoms with Gasteiger partial charge in [0, 0.05) is 25.7 Å². The summed E-state index contributed by atoms with van der Waals surface area (Å²) in [5.74, 6) is 2.46. The van der Waals surface area contributed by atoms with Crippen LogP contribution in [0.15, 0.2) is 0 Å². The number of anilines is 3. The average Bonchev–Trinajstić information content (AvgIpc) is 2.97. The molecule has 0 spiro atoms. The first kappa shape index (κ1) is 14.4. The molecule has 0 amide bonds. The molecular weight excluding hydrogens is 264 g/mol. The molecule has 2 N–H and O–H groups in total. The summed E-state index contributed by atoms with van der Waals surface area (Å²) in [7, 11) is 0. The second-order valence-electron chi connectivity index (χ2n) is 6.49. The van der Waals surface area contributed by atoms with Gasteiger partial charge in [0.15, 0.2) is 0 Å². The molecular formula is C15H26N6. The summed E-state index contributed by atoms with van der Waals surface area (Å²) in [6, 6.07) is 0.515. The number of hydrogen-bond donors (Lipinski definition) is 1. The number of rotatable bonds is 3. The van der Waals surface area contributed by atoms with Crippen LogP contribution in [0.4, 0.5) is 17.8 Å². The Balaban J connectivity index is 1.86. The van der Waals surface area contributed by atoms with Gasteiger partial charge in [0.05, 0.1) is 0 Å². The van der Waals surface area contributed by atoms with Gasteiger partial charge in [0.1, 0.15) is 0 Å². The van der Waals surface area contributed by atoms with Crippen molar-refractivity contribution in [3.63, 3.8) is 0 Å². The van der Waals surface area contributed by atoms with Crippen molar-refractivity contribution in [1.29, 1.82) is 0 Å². The number of nitrogen functional groups attached to an aromatic ring is 1. The second-order valence-corrected chi connectivity index (χ2v) is 6.49. The standard InChI is InChI=1S/C15H26N6/c1-11(2)12-7-6-10-21(12)15-18-13(16)17-14(19-15)20-8-4-3-5-9-20/h11-12H,3-10H2,1-2H3,(H2,16,17,18,19). The molecule has 21 heavy (non-hydrogen) atoms. The third-order valence-corrected chi connectivity index (χ3v) is 4.59. The first-order chi connectivity index (χ1) is 10.1. The monoisotopic (exact) mass is 290 g/mol. The molecule has 1 atom stereocenters. The molecule has 1 aromatic rings. The summed E-state index contributed by atoms with van der Waals surface area (Å²) in [6.07, 6.45) is 6.12. The maximum absolute atomic E-state index is 5.94. The van der Waals surface area contributed by atoms with Crippen LogP contribution in [0.2, 0.25) is 0 Å². The number of aromatic nitrogens is 3. The minimum absolute atomic E-state index is 0.343. The molecule has 2 aliphatic heterocycles. The molecule has 0 saturated carbocycles. The number of nitrogens with zero attached hydrogens (tertiary/aromatic N) is 5. The minimum Gasteiger partial charge on any atom is -0.368 e. The third-order valence-electron chi connectivity index (χ3n) is 4.59. The van der Waals surface area contributed by atoms with E-state index >= 15 is 0 Å². The summed E-state index contributed by atoms with van der Waals surface area (Å²) in [4.78, 5) is 18.0. The molecule has 1 unspecified atom stereocenters.